The Labute approximate surface area is 93.2 Å². The monoisotopic (exact) mass is 231 g/mol. The maximum atomic E-state index is 11.0. The smallest absolute Gasteiger partial charge is 0.219 e. The van der Waals surface area contributed by atoms with Gasteiger partial charge in [-0.25, -0.2) is 0 Å². The number of rotatable bonds is 3. The molecule has 0 unspecified atom stereocenters. The highest BCUT2D eigenvalue weighted by Crippen LogP contribution is 2.20. The number of amides is 1. The number of benzene rings is 1. The van der Waals surface area contributed by atoms with Crippen molar-refractivity contribution in [3.63, 3.8) is 0 Å². The van der Waals surface area contributed by atoms with Crippen LogP contribution in [0.1, 0.15) is 18.9 Å². The van der Waals surface area contributed by atoms with Crippen LogP contribution in [0, 0.1) is 0 Å². The Morgan fingerprint density at radius 1 is 1.43 bits per heavy atom. The fraction of sp³-hybridized carbons (Fsp3) is 0.300. The number of hydrogen-bond acceptors (Lipinski definition) is 1. The van der Waals surface area contributed by atoms with Gasteiger partial charge < -0.3 is 5.32 Å². The van der Waals surface area contributed by atoms with Gasteiger partial charge in [-0.05, 0) is 17.7 Å². The average molecular weight is 232 g/mol. The first-order valence-electron chi connectivity index (χ1n) is 4.34. The summed E-state index contributed by atoms with van der Waals surface area (Å²) < 4.78 is 0. The molecule has 1 aromatic carbocycles. The standard InChI is InChI=1S/C10H11Cl2NO/c1-2-10(14)13-6-7-3-4-8(11)5-9(7)12/h3-5H,2,6H2,1H3,(H,13,14). The lowest BCUT2D eigenvalue weighted by Gasteiger charge is -2.05. The lowest BCUT2D eigenvalue weighted by molar-refractivity contribution is -0.120. The molecule has 2 nitrogen and oxygen atoms in total. The molecule has 0 aromatic heterocycles. The zero-order valence-electron chi connectivity index (χ0n) is 7.81. The van der Waals surface area contributed by atoms with E-state index in [9.17, 15) is 4.79 Å². The van der Waals surface area contributed by atoms with Crippen LogP contribution >= 0.6 is 23.2 Å². The molecule has 0 atom stereocenters. The van der Waals surface area contributed by atoms with Gasteiger partial charge in [-0.15, -0.1) is 0 Å². The Balaban J connectivity index is 2.63. The van der Waals surface area contributed by atoms with Crippen LogP contribution in [0.15, 0.2) is 18.2 Å². The first-order valence-corrected chi connectivity index (χ1v) is 5.09. The van der Waals surface area contributed by atoms with Gasteiger partial charge in [0.15, 0.2) is 0 Å². The van der Waals surface area contributed by atoms with E-state index in [4.69, 9.17) is 23.2 Å². The van der Waals surface area contributed by atoms with E-state index in [1.807, 2.05) is 0 Å². The van der Waals surface area contributed by atoms with Crippen molar-refractivity contribution in [2.24, 2.45) is 0 Å². The van der Waals surface area contributed by atoms with Crippen LogP contribution in [-0.2, 0) is 11.3 Å². The third-order valence-electron chi connectivity index (χ3n) is 1.81. The summed E-state index contributed by atoms with van der Waals surface area (Å²) in [5, 5.41) is 3.92. The summed E-state index contributed by atoms with van der Waals surface area (Å²) >= 11 is 11.7. The van der Waals surface area contributed by atoms with E-state index in [0.29, 0.717) is 23.0 Å². The van der Waals surface area contributed by atoms with E-state index in [1.165, 1.54) is 0 Å². The molecule has 0 aliphatic heterocycles. The van der Waals surface area contributed by atoms with Crippen LogP contribution in [0.5, 0.6) is 0 Å². The normalized spacial score (nSPS) is 9.93. The SMILES string of the molecule is CCC(=O)NCc1ccc(Cl)cc1Cl. The molecule has 0 heterocycles. The van der Waals surface area contributed by atoms with E-state index < -0.39 is 0 Å². The van der Waals surface area contributed by atoms with Crippen LogP contribution in [0.2, 0.25) is 10.0 Å². The van der Waals surface area contributed by atoms with Crippen LogP contribution in [0.4, 0.5) is 0 Å². The molecule has 1 aromatic rings. The van der Waals surface area contributed by atoms with Crippen molar-refractivity contribution in [1.82, 2.24) is 5.32 Å². The molecular formula is C10H11Cl2NO. The summed E-state index contributed by atoms with van der Waals surface area (Å²) in [5.74, 6) is 0.0102. The highest BCUT2D eigenvalue weighted by Gasteiger charge is 2.02. The molecular weight excluding hydrogens is 221 g/mol. The minimum atomic E-state index is 0.0102. The van der Waals surface area contributed by atoms with Gasteiger partial charge in [0.2, 0.25) is 5.91 Å². The third kappa shape index (κ3) is 3.20. The van der Waals surface area contributed by atoms with E-state index in [2.05, 4.69) is 5.32 Å². The average Bonchev–Trinajstić information content (AvgIpc) is 2.16. The summed E-state index contributed by atoms with van der Waals surface area (Å²) in [6.45, 7) is 2.25. The van der Waals surface area contributed by atoms with Crippen LogP contribution in [0.3, 0.4) is 0 Å². The summed E-state index contributed by atoms with van der Waals surface area (Å²) in [5.41, 5.74) is 0.873. The Hall–Kier alpha value is -0.730. The topological polar surface area (TPSA) is 29.1 Å². The molecule has 0 bridgehead atoms. The summed E-state index contributed by atoms with van der Waals surface area (Å²) in [4.78, 5) is 11.0. The van der Waals surface area contributed by atoms with Gasteiger partial charge in [-0.2, -0.15) is 0 Å². The number of carbonyl (C=O) groups excluding carboxylic acids is 1. The maximum Gasteiger partial charge on any atom is 0.219 e. The highest BCUT2D eigenvalue weighted by molar-refractivity contribution is 6.35. The molecule has 0 aliphatic rings. The molecule has 0 saturated carbocycles. The van der Waals surface area contributed by atoms with E-state index in [1.54, 1.807) is 25.1 Å². The van der Waals surface area contributed by atoms with E-state index in [-0.39, 0.29) is 5.91 Å². The molecule has 1 N–H and O–H groups in total. The summed E-state index contributed by atoms with van der Waals surface area (Å²) in [6.07, 6.45) is 0.477. The van der Waals surface area contributed by atoms with Crippen molar-refractivity contribution in [2.75, 3.05) is 0 Å². The molecule has 0 aliphatic carbocycles. The van der Waals surface area contributed by atoms with Crippen molar-refractivity contribution in [3.8, 4) is 0 Å². The van der Waals surface area contributed by atoms with Gasteiger partial charge in [0.05, 0.1) is 0 Å². The predicted molar refractivity (Wildman–Crippen MR) is 58.6 cm³/mol. The zero-order valence-corrected chi connectivity index (χ0v) is 9.32. The summed E-state index contributed by atoms with van der Waals surface area (Å²) in [6, 6.07) is 5.22. The highest BCUT2D eigenvalue weighted by atomic mass is 35.5. The zero-order chi connectivity index (χ0) is 10.6. The van der Waals surface area contributed by atoms with Crippen LogP contribution in [0.25, 0.3) is 0 Å². The van der Waals surface area contributed by atoms with Crippen molar-refractivity contribution >= 4 is 29.1 Å². The van der Waals surface area contributed by atoms with Crippen LogP contribution in [-0.4, -0.2) is 5.91 Å². The lowest BCUT2D eigenvalue weighted by atomic mass is 10.2. The molecule has 0 radical (unpaired) electrons. The fourth-order valence-corrected chi connectivity index (χ4v) is 1.46. The first kappa shape index (κ1) is 11.3. The van der Waals surface area contributed by atoms with Crippen molar-refractivity contribution in [3.05, 3.63) is 33.8 Å². The van der Waals surface area contributed by atoms with Gasteiger partial charge in [-0.1, -0.05) is 36.2 Å². The van der Waals surface area contributed by atoms with Crippen molar-refractivity contribution in [2.45, 2.75) is 19.9 Å². The predicted octanol–water partition coefficient (Wildman–Crippen LogP) is 3.02. The van der Waals surface area contributed by atoms with E-state index in [0.717, 1.165) is 5.56 Å². The second-order valence-electron chi connectivity index (χ2n) is 2.87. The number of carbonyl (C=O) groups is 1. The number of hydrogen-bond donors (Lipinski definition) is 1. The Morgan fingerprint density at radius 2 is 2.14 bits per heavy atom. The minimum absolute atomic E-state index is 0.0102. The Kier molecular flexibility index (Phi) is 4.23. The number of halogens is 2. The fourth-order valence-electron chi connectivity index (χ4n) is 0.984. The van der Waals surface area contributed by atoms with Gasteiger partial charge >= 0.3 is 0 Å². The minimum Gasteiger partial charge on any atom is -0.352 e. The molecule has 14 heavy (non-hydrogen) atoms. The largest absolute Gasteiger partial charge is 0.352 e. The van der Waals surface area contributed by atoms with Gasteiger partial charge in [0.25, 0.3) is 0 Å². The number of nitrogens with one attached hydrogen (secondary N) is 1. The quantitative estimate of drug-likeness (QED) is 0.852. The second kappa shape index (κ2) is 5.23. The molecule has 0 saturated heterocycles. The van der Waals surface area contributed by atoms with Gasteiger partial charge in [-0.3, -0.25) is 4.79 Å². The molecule has 4 heteroatoms. The molecule has 1 rings (SSSR count). The van der Waals surface area contributed by atoms with Gasteiger partial charge in [0.1, 0.15) is 0 Å². The Bertz CT molecular complexity index is 339. The third-order valence-corrected chi connectivity index (χ3v) is 2.40. The molecule has 1 amide bonds. The second-order valence-corrected chi connectivity index (χ2v) is 3.71. The maximum absolute atomic E-state index is 11.0. The first-order chi connectivity index (χ1) is 6.63. The molecule has 0 fully saturated rings. The lowest BCUT2D eigenvalue weighted by Crippen LogP contribution is -2.21. The molecule has 76 valence electrons. The van der Waals surface area contributed by atoms with Crippen LogP contribution < -0.4 is 5.32 Å². The summed E-state index contributed by atoms with van der Waals surface area (Å²) in [7, 11) is 0. The van der Waals surface area contributed by atoms with Crippen molar-refractivity contribution in [1.29, 1.82) is 0 Å². The molecule has 0 spiro atoms. The van der Waals surface area contributed by atoms with Gasteiger partial charge in [0, 0.05) is 23.0 Å². The van der Waals surface area contributed by atoms with E-state index >= 15 is 0 Å². The van der Waals surface area contributed by atoms with Crippen molar-refractivity contribution < 1.29 is 4.79 Å². The Morgan fingerprint density at radius 3 is 2.71 bits per heavy atom.